The number of pyridine rings is 1. The highest BCUT2D eigenvalue weighted by Crippen LogP contribution is 2.30. The van der Waals surface area contributed by atoms with Crippen molar-refractivity contribution in [2.75, 3.05) is 31.7 Å². The van der Waals surface area contributed by atoms with E-state index in [0.717, 1.165) is 0 Å². The fourth-order valence-electron chi connectivity index (χ4n) is 3.78. The van der Waals surface area contributed by atoms with E-state index in [1.165, 1.54) is 19.5 Å². The third-order valence-corrected chi connectivity index (χ3v) is 8.17. The Morgan fingerprint density at radius 3 is 2.58 bits per heavy atom. The zero-order valence-corrected chi connectivity index (χ0v) is 21.9. The van der Waals surface area contributed by atoms with Gasteiger partial charge in [0.25, 0.3) is 0 Å². The van der Waals surface area contributed by atoms with Gasteiger partial charge in [0, 0.05) is 24.4 Å². The number of nitrogens with zero attached hydrogens (tertiary/aromatic N) is 6. The van der Waals surface area contributed by atoms with E-state index in [9.17, 15) is 8.42 Å². The minimum absolute atomic E-state index is 0.0346. The molecule has 3 aromatic heterocycles. The molecule has 1 saturated heterocycles. The maximum absolute atomic E-state index is 13.4. The van der Waals surface area contributed by atoms with E-state index in [1.807, 2.05) is 6.92 Å². The molecule has 4 rings (SSSR count). The smallest absolute Gasteiger partial charge is 0.238 e. The lowest BCUT2D eigenvalue weighted by molar-refractivity contribution is -0.104. The lowest BCUT2D eigenvalue weighted by Gasteiger charge is -2.30. The number of sulfonamides is 1. The lowest BCUT2D eigenvalue weighted by Crippen LogP contribution is -2.37. The molecule has 4 atom stereocenters. The predicted octanol–water partition coefficient (Wildman–Crippen LogP) is 2.70. The summed E-state index contributed by atoms with van der Waals surface area (Å²) < 4.78 is 47.8. The van der Waals surface area contributed by atoms with Crippen molar-refractivity contribution in [3.05, 3.63) is 41.4 Å². The SMILES string of the molecule is COc1cccc(-c2nnc(NS(=O)(=O)C(C)C(C)c3ncc(Cl)cn3)n2[C@@H](C)[C@H]2COCCO2)n1. The number of anilines is 1. The van der Waals surface area contributed by atoms with Crippen LogP contribution in [0.15, 0.2) is 30.6 Å². The summed E-state index contributed by atoms with van der Waals surface area (Å²) in [7, 11) is -2.43. The van der Waals surface area contributed by atoms with Crippen molar-refractivity contribution in [3.63, 3.8) is 0 Å². The second kappa shape index (κ2) is 11.0. The first-order valence-corrected chi connectivity index (χ1v) is 13.3. The first-order chi connectivity index (χ1) is 17.2. The summed E-state index contributed by atoms with van der Waals surface area (Å²) in [4.78, 5) is 12.8. The fraction of sp³-hybridized carbons (Fsp3) is 0.500. The summed E-state index contributed by atoms with van der Waals surface area (Å²) in [6.45, 7) is 6.48. The standard InChI is InChI=1S/C22H28ClN7O5S/c1-13(20-24-10-16(23)11-25-20)15(3)36(31,32)29-22-28-27-21(17-6-5-7-19(26-17)33-4)30(22)14(2)18-12-34-8-9-35-18/h5-7,10-11,13-15,18H,8-9,12H2,1-4H3,(H,28,29)/t13?,14-,15?,18+/m0/s1. The van der Waals surface area contributed by atoms with Crippen molar-refractivity contribution in [3.8, 4) is 17.4 Å². The Morgan fingerprint density at radius 2 is 1.92 bits per heavy atom. The summed E-state index contributed by atoms with van der Waals surface area (Å²) in [6, 6.07) is 4.84. The van der Waals surface area contributed by atoms with Crippen molar-refractivity contribution in [1.82, 2.24) is 29.7 Å². The summed E-state index contributed by atoms with van der Waals surface area (Å²) in [5.74, 6) is 0.617. The molecule has 12 nitrogen and oxygen atoms in total. The van der Waals surface area contributed by atoms with Crippen LogP contribution >= 0.6 is 11.6 Å². The number of hydrogen-bond acceptors (Lipinski definition) is 10. The molecule has 0 amide bonds. The van der Waals surface area contributed by atoms with Gasteiger partial charge < -0.3 is 14.2 Å². The first-order valence-electron chi connectivity index (χ1n) is 11.4. The van der Waals surface area contributed by atoms with Gasteiger partial charge in [-0.25, -0.2) is 23.4 Å². The fourth-order valence-corrected chi connectivity index (χ4v) is 5.12. The summed E-state index contributed by atoms with van der Waals surface area (Å²) in [5, 5.41) is 7.91. The molecule has 0 aromatic carbocycles. The monoisotopic (exact) mass is 537 g/mol. The van der Waals surface area contributed by atoms with Crippen LogP contribution in [0.25, 0.3) is 11.5 Å². The van der Waals surface area contributed by atoms with Crippen molar-refractivity contribution in [1.29, 1.82) is 0 Å². The van der Waals surface area contributed by atoms with Gasteiger partial charge in [-0.15, -0.1) is 10.2 Å². The number of aromatic nitrogens is 6. The molecule has 0 aliphatic carbocycles. The van der Waals surface area contributed by atoms with E-state index < -0.39 is 21.2 Å². The van der Waals surface area contributed by atoms with E-state index in [4.69, 9.17) is 25.8 Å². The number of hydrogen-bond donors (Lipinski definition) is 1. The van der Waals surface area contributed by atoms with Crippen LogP contribution in [-0.2, 0) is 19.5 Å². The largest absolute Gasteiger partial charge is 0.481 e. The molecule has 3 aromatic rings. The predicted molar refractivity (Wildman–Crippen MR) is 133 cm³/mol. The number of methoxy groups -OCH3 is 1. The molecule has 2 unspecified atom stereocenters. The first kappa shape index (κ1) is 26.2. The van der Waals surface area contributed by atoms with Crippen molar-refractivity contribution in [2.24, 2.45) is 0 Å². The lowest BCUT2D eigenvalue weighted by atomic mass is 10.1. The second-order valence-corrected chi connectivity index (χ2v) is 10.9. The van der Waals surface area contributed by atoms with Gasteiger partial charge in [0.1, 0.15) is 17.6 Å². The maximum atomic E-state index is 13.4. The van der Waals surface area contributed by atoms with Gasteiger partial charge in [0.2, 0.25) is 21.9 Å². The van der Waals surface area contributed by atoms with Gasteiger partial charge in [-0.2, -0.15) is 0 Å². The molecular weight excluding hydrogens is 510 g/mol. The minimum atomic E-state index is -3.94. The summed E-state index contributed by atoms with van der Waals surface area (Å²) in [6.07, 6.45) is 2.53. The average Bonchev–Trinajstić information content (AvgIpc) is 3.31. The molecule has 0 bridgehead atoms. The van der Waals surface area contributed by atoms with Gasteiger partial charge >= 0.3 is 0 Å². The Hall–Kier alpha value is -2.87. The molecule has 1 aliphatic rings. The average molecular weight is 538 g/mol. The van der Waals surface area contributed by atoms with Crippen LogP contribution in [0.4, 0.5) is 5.95 Å². The van der Waals surface area contributed by atoms with E-state index in [-0.39, 0.29) is 18.1 Å². The molecule has 36 heavy (non-hydrogen) atoms. The Balaban J connectivity index is 1.69. The maximum Gasteiger partial charge on any atom is 0.238 e. The second-order valence-electron chi connectivity index (χ2n) is 8.41. The molecule has 1 aliphatic heterocycles. The zero-order chi connectivity index (χ0) is 25.9. The molecule has 0 spiro atoms. The van der Waals surface area contributed by atoms with Crippen LogP contribution in [0, 0.1) is 0 Å². The van der Waals surface area contributed by atoms with Crippen LogP contribution in [0.5, 0.6) is 5.88 Å². The topological polar surface area (TPSA) is 143 Å². The van der Waals surface area contributed by atoms with Crippen molar-refractivity contribution >= 4 is 27.6 Å². The third kappa shape index (κ3) is 5.59. The van der Waals surface area contributed by atoms with Crippen LogP contribution < -0.4 is 9.46 Å². The van der Waals surface area contributed by atoms with Gasteiger partial charge in [0.05, 0.1) is 43.2 Å². The van der Waals surface area contributed by atoms with Gasteiger partial charge in [0.15, 0.2) is 5.82 Å². The van der Waals surface area contributed by atoms with Crippen LogP contribution in [0.1, 0.15) is 38.6 Å². The Labute approximate surface area is 214 Å². The Bertz CT molecular complexity index is 1280. The molecule has 1 N–H and O–H groups in total. The quantitative estimate of drug-likeness (QED) is 0.432. The molecule has 14 heteroatoms. The number of nitrogens with one attached hydrogen (secondary N) is 1. The molecule has 0 saturated carbocycles. The van der Waals surface area contributed by atoms with Gasteiger partial charge in [-0.3, -0.25) is 9.29 Å². The van der Waals surface area contributed by atoms with Gasteiger partial charge in [-0.05, 0) is 19.9 Å². The van der Waals surface area contributed by atoms with E-state index >= 15 is 0 Å². The van der Waals surface area contributed by atoms with Crippen LogP contribution in [-0.4, -0.2) is 76.4 Å². The van der Waals surface area contributed by atoms with E-state index in [1.54, 1.807) is 36.6 Å². The highest BCUT2D eigenvalue weighted by molar-refractivity contribution is 7.93. The molecule has 1 fully saturated rings. The van der Waals surface area contributed by atoms with Crippen molar-refractivity contribution < 1.29 is 22.6 Å². The van der Waals surface area contributed by atoms with Gasteiger partial charge in [-0.1, -0.05) is 24.6 Å². The zero-order valence-electron chi connectivity index (χ0n) is 20.3. The highest BCUT2D eigenvalue weighted by Gasteiger charge is 2.34. The van der Waals surface area contributed by atoms with E-state index in [2.05, 4.69) is 29.9 Å². The molecule has 4 heterocycles. The summed E-state index contributed by atoms with van der Waals surface area (Å²) in [5.41, 5.74) is 0.465. The third-order valence-electron chi connectivity index (χ3n) is 6.12. The Morgan fingerprint density at radius 1 is 1.17 bits per heavy atom. The summed E-state index contributed by atoms with van der Waals surface area (Å²) >= 11 is 5.87. The van der Waals surface area contributed by atoms with Crippen LogP contribution in [0.2, 0.25) is 5.02 Å². The number of halogens is 1. The van der Waals surface area contributed by atoms with E-state index in [0.29, 0.717) is 48.1 Å². The van der Waals surface area contributed by atoms with Crippen molar-refractivity contribution in [2.45, 2.75) is 44.1 Å². The minimum Gasteiger partial charge on any atom is -0.481 e. The molecule has 0 radical (unpaired) electrons. The number of rotatable bonds is 9. The van der Waals surface area contributed by atoms with Crippen LogP contribution in [0.3, 0.4) is 0 Å². The molecular formula is C22H28ClN7O5S. The number of ether oxygens (including phenoxy) is 3. The molecule has 194 valence electrons. The highest BCUT2D eigenvalue weighted by atomic mass is 35.5. The normalized spacial score (nSPS) is 18.9. The Kier molecular flexibility index (Phi) is 8.03.